The third kappa shape index (κ3) is 4.25. The number of benzene rings is 2. The number of methoxy groups -OCH3 is 1. The highest BCUT2D eigenvalue weighted by Gasteiger charge is 2.21. The molecule has 0 radical (unpaired) electrons. The van der Waals surface area contributed by atoms with Crippen molar-refractivity contribution in [1.82, 2.24) is 10.3 Å². The second-order valence-electron chi connectivity index (χ2n) is 6.78. The fourth-order valence-electron chi connectivity index (χ4n) is 3.23. The highest BCUT2D eigenvalue weighted by molar-refractivity contribution is 7.22. The van der Waals surface area contributed by atoms with Crippen LogP contribution in [0, 0.1) is 0 Å². The van der Waals surface area contributed by atoms with E-state index in [0.29, 0.717) is 23.7 Å². The van der Waals surface area contributed by atoms with Gasteiger partial charge in [-0.2, -0.15) is 0 Å². The molecule has 1 aromatic heterocycles. The van der Waals surface area contributed by atoms with E-state index in [2.05, 4.69) is 15.6 Å². The summed E-state index contributed by atoms with van der Waals surface area (Å²) in [4.78, 5) is 42.4. The van der Waals surface area contributed by atoms with E-state index in [1.54, 1.807) is 42.3 Å². The van der Waals surface area contributed by atoms with Crippen LogP contribution in [0.15, 0.2) is 42.5 Å². The van der Waals surface area contributed by atoms with Crippen LogP contribution >= 0.6 is 11.3 Å². The molecule has 2 heterocycles. The van der Waals surface area contributed by atoms with Crippen molar-refractivity contribution in [1.29, 1.82) is 0 Å². The lowest BCUT2D eigenvalue weighted by atomic mass is 10.2. The van der Waals surface area contributed by atoms with Gasteiger partial charge in [-0.25, -0.2) is 4.98 Å². The minimum absolute atomic E-state index is 0.0946. The summed E-state index contributed by atoms with van der Waals surface area (Å²) >= 11 is 1.33. The molecule has 2 N–H and O–H groups in total. The average molecular weight is 424 g/mol. The molecule has 3 aromatic rings. The number of anilines is 2. The van der Waals surface area contributed by atoms with Gasteiger partial charge in [0.05, 0.1) is 23.9 Å². The van der Waals surface area contributed by atoms with Crippen molar-refractivity contribution in [3.05, 3.63) is 48.0 Å². The molecular formula is C21H20N4O4S. The van der Waals surface area contributed by atoms with E-state index < -0.39 is 0 Å². The number of fused-ring (bicyclic) bond motifs is 1. The van der Waals surface area contributed by atoms with Gasteiger partial charge in [0.2, 0.25) is 11.8 Å². The van der Waals surface area contributed by atoms with Crippen LogP contribution < -0.4 is 20.3 Å². The Kier molecular flexibility index (Phi) is 5.62. The average Bonchev–Trinajstić information content (AvgIpc) is 3.36. The molecule has 0 spiro atoms. The lowest BCUT2D eigenvalue weighted by molar-refractivity contribution is -0.117. The van der Waals surface area contributed by atoms with Gasteiger partial charge < -0.3 is 20.3 Å². The third-order valence-corrected chi connectivity index (χ3v) is 5.70. The monoisotopic (exact) mass is 424 g/mol. The summed E-state index contributed by atoms with van der Waals surface area (Å²) in [6, 6.07) is 12.3. The lowest BCUT2D eigenvalue weighted by Crippen LogP contribution is -2.32. The van der Waals surface area contributed by atoms with Gasteiger partial charge >= 0.3 is 0 Å². The highest BCUT2D eigenvalue weighted by atomic mass is 32.1. The maximum absolute atomic E-state index is 12.3. The zero-order chi connectivity index (χ0) is 21.1. The molecular weight excluding hydrogens is 404 g/mol. The molecule has 0 unspecified atom stereocenters. The molecule has 154 valence electrons. The Morgan fingerprint density at radius 3 is 2.70 bits per heavy atom. The Morgan fingerprint density at radius 2 is 2.00 bits per heavy atom. The minimum Gasteiger partial charge on any atom is -0.497 e. The summed E-state index contributed by atoms with van der Waals surface area (Å²) in [5.74, 6) is 0.0840. The summed E-state index contributed by atoms with van der Waals surface area (Å²) in [5, 5.41) is 5.75. The molecule has 1 fully saturated rings. The Morgan fingerprint density at radius 1 is 1.20 bits per heavy atom. The van der Waals surface area contributed by atoms with Gasteiger partial charge in [-0.15, -0.1) is 0 Å². The van der Waals surface area contributed by atoms with Crippen LogP contribution in [0.4, 0.5) is 10.8 Å². The van der Waals surface area contributed by atoms with Gasteiger partial charge in [-0.1, -0.05) is 11.3 Å². The van der Waals surface area contributed by atoms with Crippen molar-refractivity contribution in [3.63, 3.8) is 0 Å². The molecule has 1 saturated heterocycles. The van der Waals surface area contributed by atoms with E-state index >= 15 is 0 Å². The van der Waals surface area contributed by atoms with Gasteiger partial charge in [0.1, 0.15) is 5.75 Å². The predicted molar refractivity (Wildman–Crippen MR) is 115 cm³/mol. The van der Waals surface area contributed by atoms with Crippen LogP contribution in [0.25, 0.3) is 10.2 Å². The van der Waals surface area contributed by atoms with Crippen LogP contribution in [0.2, 0.25) is 0 Å². The van der Waals surface area contributed by atoms with Crippen molar-refractivity contribution in [2.75, 3.05) is 30.4 Å². The zero-order valence-electron chi connectivity index (χ0n) is 16.3. The number of ether oxygens (including phenoxy) is 1. The molecule has 0 aliphatic carbocycles. The van der Waals surface area contributed by atoms with E-state index in [1.807, 2.05) is 12.1 Å². The molecule has 8 nitrogen and oxygen atoms in total. The summed E-state index contributed by atoms with van der Waals surface area (Å²) in [5.41, 5.74) is 1.96. The number of aromatic nitrogens is 1. The van der Waals surface area contributed by atoms with E-state index in [4.69, 9.17) is 4.74 Å². The zero-order valence-corrected chi connectivity index (χ0v) is 17.1. The molecule has 0 bridgehead atoms. The summed E-state index contributed by atoms with van der Waals surface area (Å²) in [6.45, 7) is 0.521. The predicted octanol–water partition coefficient (Wildman–Crippen LogP) is 2.80. The summed E-state index contributed by atoms with van der Waals surface area (Å²) in [7, 11) is 1.59. The van der Waals surface area contributed by atoms with Gasteiger partial charge in [-0.3, -0.25) is 14.4 Å². The maximum Gasteiger partial charge on any atom is 0.251 e. The summed E-state index contributed by atoms with van der Waals surface area (Å²) in [6.07, 6.45) is 1.40. The van der Waals surface area contributed by atoms with Crippen LogP contribution in [0.5, 0.6) is 5.75 Å². The minimum atomic E-state index is -0.367. The van der Waals surface area contributed by atoms with Crippen molar-refractivity contribution in [2.24, 2.45) is 0 Å². The number of thiazole rings is 1. The quantitative estimate of drug-likeness (QED) is 0.634. The second kappa shape index (κ2) is 8.50. The Bertz CT molecular complexity index is 1110. The van der Waals surface area contributed by atoms with E-state index in [1.165, 1.54) is 11.3 Å². The third-order valence-electron chi connectivity index (χ3n) is 4.77. The second-order valence-corrected chi connectivity index (χ2v) is 7.81. The maximum atomic E-state index is 12.3. The number of nitrogens with one attached hydrogen (secondary N) is 2. The van der Waals surface area contributed by atoms with Crippen LogP contribution in [0.1, 0.15) is 23.2 Å². The number of carbonyl (C=O) groups excluding carboxylic acids is 3. The van der Waals surface area contributed by atoms with Gasteiger partial charge in [0.15, 0.2) is 5.13 Å². The van der Waals surface area contributed by atoms with Gasteiger partial charge in [0, 0.05) is 24.2 Å². The SMILES string of the molecule is COc1ccc2nc(NC(=O)CNC(=O)c3ccc(N4CCCC4=O)cc3)sc2c1. The van der Waals surface area contributed by atoms with Crippen molar-refractivity contribution < 1.29 is 19.1 Å². The molecule has 3 amide bonds. The number of amides is 3. The standard InChI is InChI=1S/C21H20N4O4S/c1-29-15-8-9-16-17(11-15)30-21(23-16)24-18(26)12-22-20(28)13-4-6-14(7-5-13)25-10-2-3-19(25)27/h4-9,11H,2-3,10,12H2,1H3,(H,22,28)(H,23,24,26). The molecule has 30 heavy (non-hydrogen) atoms. The first kappa shape index (κ1) is 19.8. The first-order valence-corrected chi connectivity index (χ1v) is 10.3. The Hall–Kier alpha value is -3.46. The normalized spacial score (nSPS) is 13.5. The fourth-order valence-corrected chi connectivity index (χ4v) is 4.14. The molecule has 1 aliphatic heterocycles. The lowest BCUT2D eigenvalue weighted by Gasteiger charge is -2.15. The van der Waals surface area contributed by atoms with Crippen LogP contribution in [-0.2, 0) is 9.59 Å². The van der Waals surface area contributed by atoms with Gasteiger partial charge in [0.25, 0.3) is 5.91 Å². The summed E-state index contributed by atoms with van der Waals surface area (Å²) < 4.78 is 6.08. The van der Waals surface area contributed by atoms with Crippen molar-refractivity contribution in [2.45, 2.75) is 12.8 Å². The largest absolute Gasteiger partial charge is 0.497 e. The molecule has 2 aromatic carbocycles. The molecule has 9 heteroatoms. The van der Waals surface area contributed by atoms with E-state index in [0.717, 1.165) is 28.1 Å². The van der Waals surface area contributed by atoms with Crippen LogP contribution in [-0.4, -0.2) is 42.9 Å². The number of rotatable bonds is 6. The van der Waals surface area contributed by atoms with E-state index in [9.17, 15) is 14.4 Å². The van der Waals surface area contributed by atoms with Crippen LogP contribution in [0.3, 0.4) is 0 Å². The number of hydrogen-bond donors (Lipinski definition) is 2. The van der Waals surface area contributed by atoms with Gasteiger partial charge in [-0.05, 0) is 48.9 Å². The Balaban J connectivity index is 1.32. The molecule has 0 saturated carbocycles. The number of carbonyl (C=O) groups is 3. The topological polar surface area (TPSA) is 101 Å². The fraction of sp³-hybridized carbons (Fsp3) is 0.238. The van der Waals surface area contributed by atoms with Crippen molar-refractivity contribution in [3.8, 4) is 5.75 Å². The smallest absolute Gasteiger partial charge is 0.251 e. The van der Waals surface area contributed by atoms with E-state index in [-0.39, 0.29) is 24.3 Å². The number of hydrogen-bond acceptors (Lipinski definition) is 6. The molecule has 0 atom stereocenters. The first-order valence-electron chi connectivity index (χ1n) is 9.46. The molecule has 1 aliphatic rings. The first-order chi connectivity index (χ1) is 14.5. The number of nitrogens with zero attached hydrogens (tertiary/aromatic N) is 2. The molecule has 4 rings (SSSR count). The highest BCUT2D eigenvalue weighted by Crippen LogP contribution is 2.29. The Labute approximate surface area is 176 Å². The van der Waals surface area contributed by atoms with Crippen molar-refractivity contribution >= 4 is 50.1 Å².